The molecule has 1 amide bonds. The minimum absolute atomic E-state index is 0.121. The van der Waals surface area contributed by atoms with E-state index in [-0.39, 0.29) is 5.91 Å². The fraction of sp³-hybridized carbons (Fsp3) is 0.308. The number of aromatic nitrogens is 2. The number of hydrogen-bond acceptors (Lipinski definition) is 4. The smallest absolute Gasteiger partial charge is 0.253 e. The lowest BCUT2D eigenvalue weighted by molar-refractivity contribution is 0.0950. The molecule has 5 heteroatoms. The van der Waals surface area contributed by atoms with E-state index in [9.17, 15) is 4.79 Å². The van der Waals surface area contributed by atoms with Crippen LogP contribution < -0.4 is 5.32 Å². The number of carbonyl (C=O) groups is 1. The minimum atomic E-state index is -0.121. The molecule has 2 aromatic heterocycles. The molecule has 0 aromatic carbocycles. The van der Waals surface area contributed by atoms with Crippen molar-refractivity contribution >= 4 is 17.2 Å². The van der Waals surface area contributed by atoms with Gasteiger partial charge in [0.2, 0.25) is 0 Å². The third-order valence-electron chi connectivity index (χ3n) is 2.48. The minimum Gasteiger partial charge on any atom is -0.345 e. The highest BCUT2D eigenvalue weighted by Gasteiger charge is 2.08. The van der Waals surface area contributed by atoms with Gasteiger partial charge in [-0.05, 0) is 18.1 Å². The van der Waals surface area contributed by atoms with Gasteiger partial charge in [0, 0.05) is 17.8 Å². The first-order chi connectivity index (χ1) is 8.66. The largest absolute Gasteiger partial charge is 0.345 e. The van der Waals surface area contributed by atoms with E-state index >= 15 is 0 Å². The predicted octanol–water partition coefficient (Wildman–Crippen LogP) is 2.59. The van der Waals surface area contributed by atoms with Crippen molar-refractivity contribution in [3.8, 4) is 0 Å². The van der Waals surface area contributed by atoms with E-state index in [0.29, 0.717) is 18.0 Å². The summed E-state index contributed by atoms with van der Waals surface area (Å²) in [6.07, 6.45) is 3.20. The Morgan fingerprint density at radius 1 is 1.50 bits per heavy atom. The van der Waals surface area contributed by atoms with Gasteiger partial charge in [0.25, 0.3) is 5.91 Å². The Morgan fingerprint density at radius 2 is 2.33 bits per heavy atom. The Balaban J connectivity index is 1.93. The molecule has 0 saturated heterocycles. The van der Waals surface area contributed by atoms with Crippen molar-refractivity contribution in [1.82, 2.24) is 15.3 Å². The van der Waals surface area contributed by atoms with Gasteiger partial charge < -0.3 is 5.32 Å². The summed E-state index contributed by atoms with van der Waals surface area (Å²) in [5.41, 5.74) is 1.64. The highest BCUT2D eigenvalue weighted by atomic mass is 32.1. The van der Waals surface area contributed by atoms with Crippen molar-refractivity contribution in [2.75, 3.05) is 0 Å². The Hall–Kier alpha value is -1.75. The third-order valence-corrected chi connectivity index (χ3v) is 3.35. The van der Waals surface area contributed by atoms with E-state index in [0.717, 1.165) is 10.7 Å². The van der Waals surface area contributed by atoms with Crippen molar-refractivity contribution in [2.45, 2.75) is 26.3 Å². The summed E-state index contributed by atoms with van der Waals surface area (Å²) in [5, 5.41) is 5.80. The fourth-order valence-corrected chi connectivity index (χ4v) is 2.32. The number of amides is 1. The molecule has 0 radical (unpaired) electrons. The molecule has 94 valence electrons. The van der Waals surface area contributed by atoms with Gasteiger partial charge in [-0.2, -0.15) is 0 Å². The van der Waals surface area contributed by atoms with E-state index in [4.69, 9.17) is 0 Å². The zero-order valence-electron chi connectivity index (χ0n) is 10.4. The number of nitrogens with one attached hydrogen (secondary N) is 1. The number of thiazole rings is 1. The molecular formula is C13H15N3OS. The van der Waals surface area contributed by atoms with E-state index in [1.807, 2.05) is 5.38 Å². The molecule has 0 saturated carbocycles. The van der Waals surface area contributed by atoms with E-state index < -0.39 is 0 Å². The molecule has 0 aliphatic heterocycles. The first kappa shape index (κ1) is 12.7. The predicted molar refractivity (Wildman–Crippen MR) is 71.6 cm³/mol. The van der Waals surface area contributed by atoms with Crippen molar-refractivity contribution < 1.29 is 4.79 Å². The van der Waals surface area contributed by atoms with Crippen LogP contribution in [0, 0.1) is 0 Å². The van der Waals surface area contributed by atoms with Crippen LogP contribution in [0.15, 0.2) is 29.9 Å². The first-order valence-corrected chi connectivity index (χ1v) is 6.67. The quantitative estimate of drug-likeness (QED) is 0.920. The van der Waals surface area contributed by atoms with Crippen molar-refractivity contribution in [2.24, 2.45) is 0 Å². The summed E-state index contributed by atoms with van der Waals surface area (Å²) in [5.74, 6) is 0.299. The van der Waals surface area contributed by atoms with E-state index in [2.05, 4.69) is 29.1 Å². The van der Waals surface area contributed by atoms with Crippen LogP contribution in [0.3, 0.4) is 0 Å². The lowest BCUT2D eigenvalue weighted by atomic mass is 10.2. The number of rotatable bonds is 4. The molecule has 0 unspecified atom stereocenters. The zero-order valence-corrected chi connectivity index (χ0v) is 11.2. The summed E-state index contributed by atoms with van der Waals surface area (Å²) in [6.45, 7) is 4.67. The van der Waals surface area contributed by atoms with Crippen LogP contribution in [0.2, 0.25) is 0 Å². The molecule has 0 aliphatic rings. The van der Waals surface area contributed by atoms with Crippen LogP contribution in [0.1, 0.15) is 40.8 Å². The van der Waals surface area contributed by atoms with Crippen molar-refractivity contribution in [3.05, 3.63) is 46.2 Å². The van der Waals surface area contributed by atoms with Gasteiger partial charge in [-0.3, -0.25) is 9.78 Å². The van der Waals surface area contributed by atoms with Gasteiger partial charge >= 0.3 is 0 Å². The van der Waals surface area contributed by atoms with Crippen LogP contribution >= 0.6 is 11.3 Å². The van der Waals surface area contributed by atoms with Gasteiger partial charge in [-0.1, -0.05) is 13.8 Å². The molecule has 4 nitrogen and oxygen atoms in total. The topological polar surface area (TPSA) is 54.9 Å². The SMILES string of the molecule is CC(C)c1csc(CNC(=O)c2cccnc2)n1. The maximum Gasteiger partial charge on any atom is 0.253 e. The molecule has 0 aliphatic carbocycles. The molecule has 2 aromatic rings. The zero-order chi connectivity index (χ0) is 13.0. The van der Waals surface area contributed by atoms with Gasteiger partial charge in [0.05, 0.1) is 17.8 Å². The highest BCUT2D eigenvalue weighted by molar-refractivity contribution is 7.09. The van der Waals surface area contributed by atoms with Crippen LogP contribution in [0.4, 0.5) is 0 Å². The van der Waals surface area contributed by atoms with Gasteiger partial charge in [0.1, 0.15) is 5.01 Å². The summed E-state index contributed by atoms with van der Waals surface area (Å²) >= 11 is 1.57. The van der Waals surface area contributed by atoms with Crippen molar-refractivity contribution in [1.29, 1.82) is 0 Å². The molecule has 0 spiro atoms. The molecule has 0 atom stereocenters. The average molecular weight is 261 g/mol. The third kappa shape index (κ3) is 3.13. The standard InChI is InChI=1S/C13H15N3OS/c1-9(2)11-8-18-12(16-11)7-15-13(17)10-4-3-5-14-6-10/h3-6,8-9H,7H2,1-2H3,(H,15,17). The molecule has 2 rings (SSSR count). The van der Waals surface area contributed by atoms with E-state index in [1.54, 1.807) is 35.9 Å². The molecule has 1 N–H and O–H groups in total. The lowest BCUT2D eigenvalue weighted by Gasteiger charge is -2.02. The second-order valence-corrected chi connectivity index (χ2v) is 5.19. The average Bonchev–Trinajstić information content (AvgIpc) is 2.86. The second kappa shape index (κ2) is 5.73. The Labute approximate surface area is 110 Å². The van der Waals surface area contributed by atoms with Crippen LogP contribution in [0.25, 0.3) is 0 Å². The lowest BCUT2D eigenvalue weighted by Crippen LogP contribution is -2.22. The maximum atomic E-state index is 11.8. The number of carbonyl (C=O) groups excluding carboxylic acids is 1. The number of hydrogen-bond donors (Lipinski definition) is 1. The van der Waals surface area contributed by atoms with Gasteiger partial charge in [0.15, 0.2) is 0 Å². The molecule has 0 bridgehead atoms. The van der Waals surface area contributed by atoms with Crippen LogP contribution in [-0.4, -0.2) is 15.9 Å². The molecule has 0 fully saturated rings. The number of nitrogens with zero attached hydrogens (tertiary/aromatic N) is 2. The fourth-order valence-electron chi connectivity index (χ4n) is 1.43. The Morgan fingerprint density at radius 3 is 2.94 bits per heavy atom. The summed E-state index contributed by atoms with van der Waals surface area (Å²) in [7, 11) is 0. The highest BCUT2D eigenvalue weighted by Crippen LogP contribution is 2.17. The van der Waals surface area contributed by atoms with Gasteiger partial charge in [-0.15, -0.1) is 11.3 Å². The number of pyridine rings is 1. The Kier molecular flexibility index (Phi) is 4.04. The molecule has 2 heterocycles. The normalized spacial score (nSPS) is 10.6. The first-order valence-electron chi connectivity index (χ1n) is 5.79. The maximum absolute atomic E-state index is 11.8. The van der Waals surface area contributed by atoms with E-state index in [1.165, 1.54) is 0 Å². The van der Waals surface area contributed by atoms with Crippen LogP contribution in [-0.2, 0) is 6.54 Å². The van der Waals surface area contributed by atoms with Crippen LogP contribution in [0.5, 0.6) is 0 Å². The summed E-state index contributed by atoms with van der Waals surface area (Å²) in [4.78, 5) is 20.2. The van der Waals surface area contributed by atoms with Gasteiger partial charge in [-0.25, -0.2) is 4.98 Å². The van der Waals surface area contributed by atoms with Crippen molar-refractivity contribution in [3.63, 3.8) is 0 Å². The summed E-state index contributed by atoms with van der Waals surface area (Å²) in [6, 6.07) is 3.49. The summed E-state index contributed by atoms with van der Waals surface area (Å²) < 4.78 is 0. The molecule has 18 heavy (non-hydrogen) atoms. The second-order valence-electron chi connectivity index (χ2n) is 4.25. The molecular weight excluding hydrogens is 246 g/mol. The monoisotopic (exact) mass is 261 g/mol. The Bertz CT molecular complexity index is 522.